The molecular weight excluding hydrogens is 355 g/mol. The zero-order valence-electron chi connectivity index (χ0n) is 13.3. The molecule has 2 aromatic rings. The third-order valence-corrected chi connectivity index (χ3v) is 3.60. The van der Waals surface area contributed by atoms with Crippen molar-refractivity contribution in [3.05, 3.63) is 51.7 Å². The van der Waals surface area contributed by atoms with E-state index in [1.807, 2.05) is 0 Å². The molecule has 1 aromatic carbocycles. The lowest BCUT2D eigenvalue weighted by molar-refractivity contribution is -0.384. The van der Waals surface area contributed by atoms with Crippen LogP contribution in [0.15, 0.2) is 30.5 Å². The molecule has 0 saturated carbocycles. The number of benzene rings is 1. The van der Waals surface area contributed by atoms with E-state index in [2.05, 4.69) is 9.97 Å². The normalized spacial score (nSPS) is 11.7. The van der Waals surface area contributed by atoms with Crippen LogP contribution in [0.25, 0.3) is 0 Å². The van der Waals surface area contributed by atoms with Gasteiger partial charge in [-0.05, 0) is 42.3 Å². The van der Waals surface area contributed by atoms with E-state index in [-0.39, 0.29) is 17.5 Å². The molecule has 10 heteroatoms. The number of aromatic nitrogens is 2. The summed E-state index contributed by atoms with van der Waals surface area (Å²) in [6.07, 6.45) is 1.20. The van der Waals surface area contributed by atoms with Crippen molar-refractivity contribution >= 4 is 34.8 Å². The first-order valence-corrected chi connectivity index (χ1v) is 7.56. The second-order valence-corrected chi connectivity index (χ2v) is 5.24. The minimum absolute atomic E-state index is 0.186. The molecule has 1 unspecified atom stereocenters. The molecule has 0 fully saturated rings. The Morgan fingerprint density at radius 3 is 2.60 bits per heavy atom. The Balaban J connectivity index is 2.71. The Hall–Kier alpha value is -2.81. The molecule has 1 atom stereocenters. The fourth-order valence-electron chi connectivity index (χ4n) is 2.29. The van der Waals surface area contributed by atoms with Crippen LogP contribution in [0.3, 0.4) is 0 Å². The van der Waals surface area contributed by atoms with E-state index in [1.54, 1.807) is 6.92 Å². The summed E-state index contributed by atoms with van der Waals surface area (Å²) in [5.74, 6) is -1.31. The Labute approximate surface area is 147 Å². The van der Waals surface area contributed by atoms with Gasteiger partial charge in [-0.25, -0.2) is 14.2 Å². The largest absolute Gasteiger partial charge is 0.467 e. The van der Waals surface area contributed by atoms with Crippen LogP contribution in [0.2, 0.25) is 5.28 Å². The first-order valence-electron chi connectivity index (χ1n) is 7.18. The predicted molar refractivity (Wildman–Crippen MR) is 88.3 cm³/mol. The summed E-state index contributed by atoms with van der Waals surface area (Å²) in [6, 6.07) is 4.16. The van der Waals surface area contributed by atoms with Crippen molar-refractivity contribution in [2.45, 2.75) is 19.4 Å². The number of nitro groups is 1. The maximum Gasteiger partial charge on any atom is 0.330 e. The number of hydrogen-bond donors (Lipinski definition) is 0. The maximum atomic E-state index is 13.3. The molecule has 1 aromatic heterocycles. The summed E-state index contributed by atoms with van der Waals surface area (Å²) in [6.45, 7) is 1.70. The first kappa shape index (κ1) is 18.5. The number of rotatable bonds is 6. The number of carbonyl (C=O) groups is 1. The SMILES string of the molecule is CCC(C(=O)OC)N(c1ccc(F)cc1)c1nc(Cl)ncc1[N+](=O)[O-]. The maximum absolute atomic E-state index is 13.3. The molecule has 0 amide bonds. The number of esters is 1. The quantitative estimate of drug-likeness (QED) is 0.334. The second-order valence-electron chi connectivity index (χ2n) is 4.90. The fourth-order valence-corrected chi connectivity index (χ4v) is 2.42. The molecule has 8 nitrogen and oxygen atoms in total. The third kappa shape index (κ3) is 4.00. The number of ether oxygens (including phenoxy) is 1. The van der Waals surface area contributed by atoms with Crippen LogP contribution >= 0.6 is 11.6 Å². The van der Waals surface area contributed by atoms with Gasteiger partial charge < -0.3 is 9.64 Å². The van der Waals surface area contributed by atoms with Gasteiger partial charge in [0.05, 0.1) is 12.0 Å². The van der Waals surface area contributed by atoms with Crippen molar-refractivity contribution in [3.8, 4) is 0 Å². The monoisotopic (exact) mass is 368 g/mol. The zero-order chi connectivity index (χ0) is 18.6. The van der Waals surface area contributed by atoms with Gasteiger partial charge in [0.2, 0.25) is 11.1 Å². The Morgan fingerprint density at radius 1 is 1.44 bits per heavy atom. The fraction of sp³-hybridized carbons (Fsp3) is 0.267. The van der Waals surface area contributed by atoms with Crippen molar-refractivity contribution in [3.63, 3.8) is 0 Å². The third-order valence-electron chi connectivity index (χ3n) is 3.42. The van der Waals surface area contributed by atoms with Gasteiger partial charge in [0.1, 0.15) is 18.1 Å². The molecule has 0 radical (unpaired) electrons. The van der Waals surface area contributed by atoms with Crippen LogP contribution in [-0.4, -0.2) is 34.0 Å². The molecule has 0 aliphatic heterocycles. The van der Waals surface area contributed by atoms with Gasteiger partial charge in [-0.15, -0.1) is 0 Å². The number of anilines is 2. The van der Waals surface area contributed by atoms with E-state index >= 15 is 0 Å². The van der Waals surface area contributed by atoms with Crippen molar-refractivity contribution in [2.24, 2.45) is 0 Å². The number of methoxy groups -OCH3 is 1. The van der Waals surface area contributed by atoms with E-state index in [0.29, 0.717) is 5.69 Å². The van der Waals surface area contributed by atoms with Gasteiger partial charge in [-0.2, -0.15) is 4.98 Å². The summed E-state index contributed by atoms with van der Waals surface area (Å²) in [4.78, 5) is 31.7. The van der Waals surface area contributed by atoms with Gasteiger partial charge in [0.25, 0.3) is 0 Å². The zero-order valence-corrected chi connectivity index (χ0v) is 14.1. The molecule has 1 heterocycles. The van der Waals surface area contributed by atoms with Crippen molar-refractivity contribution in [2.75, 3.05) is 12.0 Å². The number of hydrogen-bond acceptors (Lipinski definition) is 7. The molecule has 2 rings (SSSR count). The van der Waals surface area contributed by atoms with Crippen LogP contribution in [-0.2, 0) is 9.53 Å². The number of nitrogens with zero attached hydrogens (tertiary/aromatic N) is 4. The van der Waals surface area contributed by atoms with Crippen molar-refractivity contribution < 1.29 is 18.8 Å². The van der Waals surface area contributed by atoms with E-state index in [9.17, 15) is 19.3 Å². The summed E-state index contributed by atoms with van der Waals surface area (Å²) >= 11 is 5.79. The van der Waals surface area contributed by atoms with Crippen LogP contribution in [0, 0.1) is 15.9 Å². The molecule has 132 valence electrons. The highest BCUT2D eigenvalue weighted by Gasteiger charge is 2.33. The van der Waals surface area contributed by atoms with E-state index in [1.165, 1.54) is 36.3 Å². The second kappa shape index (κ2) is 7.84. The van der Waals surface area contributed by atoms with Crippen LogP contribution in [0.5, 0.6) is 0 Å². The van der Waals surface area contributed by atoms with Gasteiger partial charge in [0.15, 0.2) is 0 Å². The highest BCUT2D eigenvalue weighted by atomic mass is 35.5. The molecule has 0 spiro atoms. The van der Waals surface area contributed by atoms with E-state index in [0.717, 1.165) is 6.20 Å². The molecule has 0 aliphatic rings. The first-order chi connectivity index (χ1) is 11.9. The molecule has 25 heavy (non-hydrogen) atoms. The van der Waals surface area contributed by atoms with Gasteiger partial charge >= 0.3 is 11.7 Å². The topological polar surface area (TPSA) is 98.5 Å². The Morgan fingerprint density at radius 2 is 2.08 bits per heavy atom. The Bertz CT molecular complexity index is 788. The minimum atomic E-state index is -0.930. The lowest BCUT2D eigenvalue weighted by atomic mass is 10.1. The lowest BCUT2D eigenvalue weighted by Crippen LogP contribution is -2.39. The molecule has 0 saturated heterocycles. The summed E-state index contributed by atoms with van der Waals surface area (Å²) in [5, 5.41) is 11.1. The molecular formula is C15H14ClFN4O4. The van der Waals surface area contributed by atoms with Gasteiger partial charge in [-0.3, -0.25) is 10.1 Å². The lowest BCUT2D eigenvalue weighted by Gasteiger charge is -2.29. The summed E-state index contributed by atoms with van der Waals surface area (Å²) in [5.41, 5.74) is -0.132. The smallest absolute Gasteiger partial charge is 0.330 e. The van der Waals surface area contributed by atoms with E-state index in [4.69, 9.17) is 16.3 Å². The molecule has 0 N–H and O–H groups in total. The average Bonchev–Trinajstić information content (AvgIpc) is 2.59. The van der Waals surface area contributed by atoms with Gasteiger partial charge in [0, 0.05) is 5.69 Å². The molecule has 0 aliphatic carbocycles. The standard InChI is InChI=1S/C15H14ClFN4O4/c1-3-11(14(22)25-2)20(10-6-4-9(17)5-7-10)13-12(21(23)24)8-18-15(16)19-13/h4-8,11H,3H2,1-2H3. The van der Waals surface area contributed by atoms with Gasteiger partial charge in [-0.1, -0.05) is 6.92 Å². The Kier molecular flexibility index (Phi) is 5.81. The van der Waals surface area contributed by atoms with Crippen LogP contribution in [0.1, 0.15) is 13.3 Å². The van der Waals surface area contributed by atoms with Crippen LogP contribution < -0.4 is 4.90 Å². The van der Waals surface area contributed by atoms with Crippen molar-refractivity contribution in [1.29, 1.82) is 0 Å². The average molecular weight is 369 g/mol. The number of halogens is 2. The minimum Gasteiger partial charge on any atom is -0.467 e. The molecule has 0 bridgehead atoms. The predicted octanol–water partition coefficient (Wildman–Crippen LogP) is 3.27. The highest BCUT2D eigenvalue weighted by molar-refractivity contribution is 6.28. The van der Waals surface area contributed by atoms with Crippen LogP contribution in [0.4, 0.5) is 21.6 Å². The van der Waals surface area contributed by atoms with Crippen molar-refractivity contribution in [1.82, 2.24) is 9.97 Å². The number of carbonyl (C=O) groups excluding carboxylic acids is 1. The van der Waals surface area contributed by atoms with E-state index < -0.39 is 28.4 Å². The summed E-state index contributed by atoms with van der Waals surface area (Å²) < 4.78 is 18.0. The summed E-state index contributed by atoms with van der Waals surface area (Å²) in [7, 11) is 1.20. The highest BCUT2D eigenvalue weighted by Crippen LogP contribution is 2.35.